The van der Waals surface area contributed by atoms with E-state index >= 15 is 0 Å². The maximum absolute atomic E-state index is 13.7. The van der Waals surface area contributed by atoms with E-state index in [1.54, 1.807) is 6.07 Å². The molecule has 0 saturated carbocycles. The van der Waals surface area contributed by atoms with Crippen molar-refractivity contribution in [3.05, 3.63) is 59.4 Å². The third-order valence-electron chi connectivity index (χ3n) is 3.07. The van der Waals surface area contributed by atoms with E-state index in [-0.39, 0.29) is 11.8 Å². The van der Waals surface area contributed by atoms with Crippen LogP contribution in [0.25, 0.3) is 0 Å². The van der Waals surface area contributed by atoms with Crippen molar-refractivity contribution < 1.29 is 9.50 Å². The number of phenols is 1. The number of benzene rings is 2. The number of phenolic OH excluding ortho intramolecular Hbond substituents is 1. The normalized spacial score (nSPS) is 11.7. The van der Waals surface area contributed by atoms with Gasteiger partial charge in [0, 0.05) is 17.3 Å². The minimum atomic E-state index is -0.439. The maximum atomic E-state index is 13.7. The Bertz CT molecular complexity index is 632. The summed E-state index contributed by atoms with van der Waals surface area (Å²) in [5.41, 5.74) is 2.29. The molecule has 2 aromatic rings. The van der Waals surface area contributed by atoms with Gasteiger partial charge in [0.15, 0.2) is 0 Å². The molecule has 2 N–H and O–H groups in total. The topological polar surface area (TPSA) is 56.0 Å². The summed E-state index contributed by atoms with van der Waals surface area (Å²) in [4.78, 5) is 0. The van der Waals surface area contributed by atoms with E-state index in [9.17, 15) is 9.50 Å². The molecule has 0 saturated heterocycles. The summed E-state index contributed by atoms with van der Waals surface area (Å²) in [5, 5.41) is 21.0. The summed E-state index contributed by atoms with van der Waals surface area (Å²) in [7, 11) is 0. The van der Waals surface area contributed by atoms with Gasteiger partial charge >= 0.3 is 0 Å². The monoisotopic (exact) mass is 270 g/mol. The van der Waals surface area contributed by atoms with Crippen LogP contribution in [0.5, 0.6) is 5.75 Å². The van der Waals surface area contributed by atoms with E-state index in [1.807, 2.05) is 31.2 Å². The lowest BCUT2D eigenvalue weighted by Gasteiger charge is -2.16. The van der Waals surface area contributed by atoms with Crippen LogP contribution in [-0.2, 0) is 6.42 Å². The molecule has 0 radical (unpaired) electrons. The van der Waals surface area contributed by atoms with Gasteiger partial charge in [0.05, 0.1) is 18.5 Å². The van der Waals surface area contributed by atoms with Gasteiger partial charge in [-0.2, -0.15) is 5.26 Å². The van der Waals surface area contributed by atoms with E-state index in [0.717, 1.165) is 17.3 Å². The highest BCUT2D eigenvalue weighted by atomic mass is 19.1. The van der Waals surface area contributed by atoms with Crippen LogP contribution in [0.1, 0.15) is 24.1 Å². The Kier molecular flexibility index (Phi) is 4.21. The van der Waals surface area contributed by atoms with Crippen LogP contribution in [0, 0.1) is 17.1 Å². The van der Waals surface area contributed by atoms with Crippen molar-refractivity contribution in [3.63, 3.8) is 0 Å². The van der Waals surface area contributed by atoms with E-state index in [4.69, 9.17) is 5.26 Å². The predicted octanol–water partition coefficient (Wildman–Crippen LogP) is 3.77. The second kappa shape index (κ2) is 6.07. The zero-order valence-corrected chi connectivity index (χ0v) is 11.1. The van der Waals surface area contributed by atoms with Gasteiger partial charge in [-0.15, -0.1) is 0 Å². The number of halogens is 1. The standard InChI is InChI=1S/C16H15FN2O/c1-11(15-7-6-14(20)10-16(15)17)19-13-4-2-12(3-5-13)8-9-18/h2-7,10-11,19-20H,8H2,1H3. The van der Waals surface area contributed by atoms with Gasteiger partial charge < -0.3 is 10.4 Å². The third kappa shape index (κ3) is 3.27. The summed E-state index contributed by atoms with van der Waals surface area (Å²) in [5.74, 6) is -0.523. The average Bonchev–Trinajstić information content (AvgIpc) is 2.41. The first-order chi connectivity index (χ1) is 9.60. The van der Waals surface area contributed by atoms with Crippen LogP contribution in [0.3, 0.4) is 0 Å². The van der Waals surface area contributed by atoms with Crippen LogP contribution in [-0.4, -0.2) is 5.11 Å². The Labute approximate surface area is 117 Å². The van der Waals surface area contributed by atoms with Gasteiger partial charge in [-0.25, -0.2) is 4.39 Å². The van der Waals surface area contributed by atoms with Crippen LogP contribution in [0.15, 0.2) is 42.5 Å². The Morgan fingerprint density at radius 2 is 1.95 bits per heavy atom. The van der Waals surface area contributed by atoms with E-state index < -0.39 is 5.82 Å². The van der Waals surface area contributed by atoms with E-state index in [0.29, 0.717) is 12.0 Å². The summed E-state index contributed by atoms with van der Waals surface area (Å²) < 4.78 is 13.7. The molecule has 0 bridgehead atoms. The smallest absolute Gasteiger partial charge is 0.132 e. The SMILES string of the molecule is CC(Nc1ccc(CC#N)cc1)c1ccc(O)cc1F. The van der Waals surface area contributed by atoms with Gasteiger partial charge in [-0.1, -0.05) is 18.2 Å². The summed E-state index contributed by atoms with van der Waals surface area (Å²) in [6.45, 7) is 1.85. The maximum Gasteiger partial charge on any atom is 0.132 e. The van der Waals surface area contributed by atoms with Crippen molar-refractivity contribution in [1.82, 2.24) is 0 Å². The quantitative estimate of drug-likeness (QED) is 0.889. The first-order valence-electron chi connectivity index (χ1n) is 6.31. The lowest BCUT2D eigenvalue weighted by atomic mass is 10.1. The molecule has 0 aromatic heterocycles. The Hall–Kier alpha value is -2.54. The molecule has 2 rings (SSSR count). The molecule has 0 amide bonds. The molecular weight excluding hydrogens is 255 g/mol. The number of nitriles is 1. The van der Waals surface area contributed by atoms with Crippen molar-refractivity contribution in [2.45, 2.75) is 19.4 Å². The minimum absolute atomic E-state index is 0.0840. The van der Waals surface area contributed by atoms with Crippen LogP contribution in [0.2, 0.25) is 0 Å². The first kappa shape index (κ1) is 13.9. The number of nitrogens with zero attached hydrogens (tertiary/aromatic N) is 1. The average molecular weight is 270 g/mol. The predicted molar refractivity (Wildman–Crippen MR) is 75.9 cm³/mol. The molecular formula is C16H15FN2O. The van der Waals surface area contributed by atoms with Gasteiger partial charge in [-0.3, -0.25) is 0 Å². The van der Waals surface area contributed by atoms with Gasteiger partial charge in [0.25, 0.3) is 0 Å². The molecule has 1 unspecified atom stereocenters. The van der Waals surface area contributed by atoms with Gasteiger partial charge in [0.2, 0.25) is 0 Å². The third-order valence-corrected chi connectivity index (χ3v) is 3.07. The zero-order chi connectivity index (χ0) is 14.5. The molecule has 4 heteroatoms. The Morgan fingerprint density at radius 3 is 2.55 bits per heavy atom. The van der Waals surface area contributed by atoms with Crippen molar-refractivity contribution >= 4 is 5.69 Å². The molecule has 2 aromatic carbocycles. The molecule has 1 atom stereocenters. The number of hydrogen-bond donors (Lipinski definition) is 2. The molecule has 102 valence electrons. The summed E-state index contributed by atoms with van der Waals surface area (Å²) in [6.07, 6.45) is 0.377. The first-order valence-corrected chi connectivity index (χ1v) is 6.31. The molecule has 3 nitrogen and oxygen atoms in total. The minimum Gasteiger partial charge on any atom is -0.508 e. The number of nitrogens with one attached hydrogen (secondary N) is 1. The van der Waals surface area contributed by atoms with Crippen LogP contribution < -0.4 is 5.32 Å². The van der Waals surface area contributed by atoms with E-state index in [2.05, 4.69) is 11.4 Å². The molecule has 0 spiro atoms. The van der Waals surface area contributed by atoms with Crippen molar-refractivity contribution in [3.8, 4) is 11.8 Å². The molecule has 0 heterocycles. The second-order valence-electron chi connectivity index (χ2n) is 4.60. The van der Waals surface area contributed by atoms with Gasteiger partial charge in [-0.05, 0) is 30.7 Å². The Morgan fingerprint density at radius 1 is 1.25 bits per heavy atom. The molecule has 0 aliphatic carbocycles. The number of anilines is 1. The number of aromatic hydroxyl groups is 1. The summed E-state index contributed by atoms with van der Waals surface area (Å²) in [6, 6.07) is 13.5. The largest absolute Gasteiger partial charge is 0.508 e. The molecule has 0 aliphatic heterocycles. The van der Waals surface area contributed by atoms with Crippen molar-refractivity contribution in [2.24, 2.45) is 0 Å². The molecule has 0 fully saturated rings. The lowest BCUT2D eigenvalue weighted by Crippen LogP contribution is -2.08. The lowest BCUT2D eigenvalue weighted by molar-refractivity contribution is 0.467. The zero-order valence-electron chi connectivity index (χ0n) is 11.1. The molecule has 0 aliphatic rings. The fraction of sp³-hybridized carbons (Fsp3) is 0.188. The van der Waals surface area contributed by atoms with Crippen molar-refractivity contribution in [2.75, 3.05) is 5.32 Å². The van der Waals surface area contributed by atoms with Crippen LogP contribution in [0.4, 0.5) is 10.1 Å². The van der Waals surface area contributed by atoms with Crippen molar-refractivity contribution in [1.29, 1.82) is 5.26 Å². The fourth-order valence-electron chi connectivity index (χ4n) is 2.01. The van der Waals surface area contributed by atoms with E-state index in [1.165, 1.54) is 6.07 Å². The second-order valence-corrected chi connectivity index (χ2v) is 4.60. The number of hydrogen-bond acceptors (Lipinski definition) is 3. The molecule has 20 heavy (non-hydrogen) atoms. The number of rotatable bonds is 4. The van der Waals surface area contributed by atoms with Crippen LogP contribution >= 0.6 is 0 Å². The highest BCUT2D eigenvalue weighted by Crippen LogP contribution is 2.24. The highest BCUT2D eigenvalue weighted by molar-refractivity contribution is 5.47. The highest BCUT2D eigenvalue weighted by Gasteiger charge is 2.11. The Balaban J connectivity index is 2.11. The fourth-order valence-corrected chi connectivity index (χ4v) is 2.01. The van der Waals surface area contributed by atoms with Gasteiger partial charge in [0.1, 0.15) is 11.6 Å². The summed E-state index contributed by atoms with van der Waals surface area (Å²) >= 11 is 0.